The van der Waals surface area contributed by atoms with E-state index < -0.39 is 0 Å². The highest BCUT2D eigenvalue weighted by molar-refractivity contribution is 5.10. The molecule has 3 rings (SSSR count). The van der Waals surface area contributed by atoms with Crippen LogP contribution in [-0.4, -0.2) is 11.2 Å². The third kappa shape index (κ3) is 3.56. The molecule has 0 radical (unpaired) electrons. The van der Waals surface area contributed by atoms with Crippen LogP contribution in [0.15, 0.2) is 0 Å². The number of hydrogen-bond acceptors (Lipinski definition) is 1. The number of hydrogen-bond donors (Lipinski definition) is 0. The molecule has 2 aliphatic carbocycles. The number of fused-ring (bicyclic) bond motifs is 3. The van der Waals surface area contributed by atoms with Gasteiger partial charge in [0.05, 0.1) is 11.2 Å². The van der Waals surface area contributed by atoms with Crippen molar-refractivity contribution in [3.8, 4) is 0 Å². The van der Waals surface area contributed by atoms with Gasteiger partial charge in [0.25, 0.3) is 0 Å². The Morgan fingerprint density at radius 2 is 1.52 bits per heavy atom. The average molecular weight is 349 g/mol. The molecule has 3 fully saturated rings. The molecule has 1 saturated heterocycles. The van der Waals surface area contributed by atoms with E-state index in [0.717, 1.165) is 11.8 Å². The molecule has 0 amide bonds. The summed E-state index contributed by atoms with van der Waals surface area (Å²) in [6.07, 6.45) is 16.3. The van der Waals surface area contributed by atoms with Gasteiger partial charge in [-0.15, -0.1) is 0 Å². The minimum Gasteiger partial charge on any atom is -0.369 e. The highest BCUT2D eigenvalue weighted by Gasteiger charge is 2.61. The summed E-state index contributed by atoms with van der Waals surface area (Å²) in [5.41, 5.74) is 1.27. The topological polar surface area (TPSA) is 9.23 Å². The van der Waals surface area contributed by atoms with Crippen LogP contribution in [0.25, 0.3) is 0 Å². The van der Waals surface area contributed by atoms with Gasteiger partial charge in [-0.25, -0.2) is 0 Å². The van der Waals surface area contributed by atoms with Gasteiger partial charge in [-0.2, -0.15) is 0 Å². The van der Waals surface area contributed by atoms with Crippen LogP contribution in [0.5, 0.6) is 0 Å². The van der Waals surface area contributed by atoms with Gasteiger partial charge in [0.1, 0.15) is 0 Å². The van der Waals surface area contributed by atoms with Gasteiger partial charge >= 0.3 is 0 Å². The lowest BCUT2D eigenvalue weighted by Gasteiger charge is -2.65. The van der Waals surface area contributed by atoms with E-state index in [9.17, 15) is 0 Å². The van der Waals surface area contributed by atoms with E-state index in [2.05, 4.69) is 41.5 Å². The second-order valence-electron chi connectivity index (χ2n) is 11.2. The Kier molecular flexibility index (Phi) is 5.40. The maximum atomic E-state index is 7.03. The number of unbranched alkanes of at least 4 members (excludes halogenated alkanes) is 3. The molecule has 2 saturated carbocycles. The lowest BCUT2D eigenvalue weighted by molar-refractivity contribution is -0.267. The van der Waals surface area contributed by atoms with Crippen LogP contribution in [0, 0.1) is 22.7 Å². The van der Waals surface area contributed by atoms with Crippen molar-refractivity contribution in [2.24, 2.45) is 22.7 Å². The van der Waals surface area contributed by atoms with Crippen molar-refractivity contribution in [3.05, 3.63) is 0 Å². The molecule has 25 heavy (non-hydrogen) atoms. The molecule has 0 spiro atoms. The first kappa shape index (κ1) is 19.7. The third-order valence-electron chi connectivity index (χ3n) is 8.74. The molecular weight excluding hydrogens is 304 g/mol. The van der Waals surface area contributed by atoms with Crippen LogP contribution in [-0.2, 0) is 4.74 Å². The van der Waals surface area contributed by atoms with Crippen LogP contribution >= 0.6 is 0 Å². The fraction of sp³-hybridized carbons (Fsp3) is 1.00. The maximum absolute atomic E-state index is 7.03. The zero-order chi connectivity index (χ0) is 18.3. The van der Waals surface area contributed by atoms with Crippen molar-refractivity contribution < 1.29 is 4.74 Å². The minimum atomic E-state index is 0.121. The molecule has 1 nitrogen and oxygen atoms in total. The van der Waals surface area contributed by atoms with Crippen molar-refractivity contribution in [3.63, 3.8) is 0 Å². The first-order chi connectivity index (χ1) is 11.7. The molecular formula is C24H44O. The summed E-state index contributed by atoms with van der Waals surface area (Å²) in [5, 5.41) is 0. The Balaban J connectivity index is 1.73. The molecule has 1 heteroatoms. The fourth-order valence-corrected chi connectivity index (χ4v) is 7.53. The van der Waals surface area contributed by atoms with Gasteiger partial charge in [0.2, 0.25) is 0 Å². The van der Waals surface area contributed by atoms with E-state index in [1.54, 1.807) is 0 Å². The van der Waals surface area contributed by atoms with Crippen molar-refractivity contribution in [1.82, 2.24) is 0 Å². The Hall–Kier alpha value is -0.0400. The Labute approximate surface area is 157 Å². The Morgan fingerprint density at radius 1 is 0.800 bits per heavy atom. The summed E-state index contributed by atoms with van der Waals surface area (Å²) in [4.78, 5) is 0. The van der Waals surface area contributed by atoms with Gasteiger partial charge < -0.3 is 4.74 Å². The van der Waals surface area contributed by atoms with Crippen molar-refractivity contribution in [1.29, 1.82) is 0 Å². The Morgan fingerprint density at radius 3 is 2.24 bits per heavy atom. The SMILES string of the molecule is CCCCCCC1(C)CCC2C(C)(CCC3C(C)(C)CCCC32C)O1. The predicted octanol–water partition coefficient (Wildman–Crippen LogP) is 7.53. The molecule has 146 valence electrons. The van der Waals surface area contributed by atoms with E-state index in [-0.39, 0.29) is 11.2 Å². The summed E-state index contributed by atoms with van der Waals surface area (Å²) in [5.74, 6) is 1.66. The predicted molar refractivity (Wildman–Crippen MR) is 108 cm³/mol. The van der Waals surface area contributed by atoms with E-state index in [4.69, 9.17) is 4.74 Å². The zero-order valence-corrected chi connectivity index (χ0v) is 18.0. The normalized spacial score (nSPS) is 46.3. The standard InChI is InChI=1S/C24H44O/c1-7-8-9-10-15-22(4)17-12-20-23(5)16-11-14-21(2,3)19(23)13-18-24(20,6)25-22/h19-20H,7-18H2,1-6H3. The molecule has 5 unspecified atom stereocenters. The van der Waals surface area contributed by atoms with Crippen molar-refractivity contribution >= 4 is 0 Å². The quantitative estimate of drug-likeness (QED) is 0.467. The van der Waals surface area contributed by atoms with Crippen molar-refractivity contribution in [2.45, 2.75) is 130 Å². The van der Waals surface area contributed by atoms with Gasteiger partial charge in [-0.1, -0.05) is 59.8 Å². The molecule has 3 aliphatic rings. The van der Waals surface area contributed by atoms with Gasteiger partial charge in [0.15, 0.2) is 0 Å². The van der Waals surface area contributed by atoms with Crippen LogP contribution < -0.4 is 0 Å². The molecule has 0 aromatic heterocycles. The molecule has 0 aromatic rings. The van der Waals surface area contributed by atoms with E-state index in [1.165, 1.54) is 77.0 Å². The summed E-state index contributed by atoms with van der Waals surface area (Å²) in [6.45, 7) is 14.9. The maximum Gasteiger partial charge on any atom is 0.0695 e. The molecule has 1 heterocycles. The Bertz CT molecular complexity index is 469. The number of ether oxygens (including phenoxy) is 1. The zero-order valence-electron chi connectivity index (χ0n) is 18.0. The van der Waals surface area contributed by atoms with E-state index in [0.29, 0.717) is 10.8 Å². The van der Waals surface area contributed by atoms with E-state index in [1.807, 2.05) is 0 Å². The highest BCUT2D eigenvalue weighted by Crippen LogP contribution is 2.65. The average Bonchev–Trinajstić information content (AvgIpc) is 2.49. The van der Waals surface area contributed by atoms with Crippen molar-refractivity contribution in [2.75, 3.05) is 0 Å². The van der Waals surface area contributed by atoms with E-state index >= 15 is 0 Å². The molecule has 0 aromatic carbocycles. The highest BCUT2D eigenvalue weighted by atomic mass is 16.5. The van der Waals surface area contributed by atoms with Crippen LogP contribution in [0.4, 0.5) is 0 Å². The summed E-state index contributed by atoms with van der Waals surface area (Å²) < 4.78 is 7.03. The molecule has 0 bridgehead atoms. The first-order valence-corrected chi connectivity index (χ1v) is 11.4. The molecule has 5 atom stereocenters. The molecule has 0 N–H and O–H groups in total. The van der Waals surface area contributed by atoms with Gasteiger partial charge in [-0.3, -0.25) is 0 Å². The monoisotopic (exact) mass is 348 g/mol. The van der Waals surface area contributed by atoms with Crippen LogP contribution in [0.2, 0.25) is 0 Å². The minimum absolute atomic E-state index is 0.121. The largest absolute Gasteiger partial charge is 0.369 e. The van der Waals surface area contributed by atoms with Crippen LogP contribution in [0.1, 0.15) is 119 Å². The summed E-state index contributed by atoms with van der Waals surface area (Å²) in [6, 6.07) is 0. The second kappa shape index (κ2) is 6.84. The third-order valence-corrected chi connectivity index (χ3v) is 8.74. The van der Waals surface area contributed by atoms with Gasteiger partial charge in [0, 0.05) is 0 Å². The van der Waals surface area contributed by atoms with Crippen LogP contribution in [0.3, 0.4) is 0 Å². The summed E-state index contributed by atoms with van der Waals surface area (Å²) in [7, 11) is 0. The van der Waals surface area contributed by atoms with Gasteiger partial charge in [-0.05, 0) is 81.5 Å². The smallest absolute Gasteiger partial charge is 0.0695 e. The fourth-order valence-electron chi connectivity index (χ4n) is 7.53. The second-order valence-corrected chi connectivity index (χ2v) is 11.2. The number of rotatable bonds is 5. The first-order valence-electron chi connectivity index (χ1n) is 11.4. The summed E-state index contributed by atoms with van der Waals surface area (Å²) >= 11 is 0. The lowest BCUT2D eigenvalue weighted by Crippen LogP contribution is -2.62. The molecule has 1 aliphatic heterocycles. The lowest BCUT2D eigenvalue weighted by atomic mass is 9.44.